The fraction of sp³-hybridized carbons (Fsp3) is 0.529. The number of nitrogens with zero attached hydrogens (tertiary/aromatic N) is 2. The number of carbonyl (C=O) groups excluding carboxylic acids is 1. The van der Waals surface area contributed by atoms with Gasteiger partial charge in [-0.1, -0.05) is 19.4 Å². The Balaban J connectivity index is 2.29. The third-order valence-corrected chi connectivity index (χ3v) is 3.79. The van der Waals surface area contributed by atoms with Crippen molar-refractivity contribution in [3.8, 4) is 0 Å². The molecule has 1 atom stereocenters. The van der Waals surface area contributed by atoms with Crippen LogP contribution in [0.2, 0.25) is 0 Å². The number of aryl methyl sites for hydroxylation is 2. The average molecular weight is 287 g/mol. The first-order chi connectivity index (χ1) is 10.1. The van der Waals surface area contributed by atoms with Crippen LogP contribution in [0, 0.1) is 19.8 Å². The molecule has 0 aliphatic carbocycles. The molecule has 1 amide bonds. The summed E-state index contributed by atoms with van der Waals surface area (Å²) in [6, 6.07) is 6.14. The maximum Gasteiger partial charge on any atom is 0.256 e. The van der Waals surface area contributed by atoms with Gasteiger partial charge in [0.1, 0.15) is 0 Å². The van der Waals surface area contributed by atoms with E-state index in [4.69, 9.17) is 5.73 Å². The summed E-state index contributed by atoms with van der Waals surface area (Å²) < 4.78 is 0. The normalized spacial score (nSPS) is 18.3. The molecule has 4 nitrogen and oxygen atoms in total. The maximum absolute atomic E-state index is 12.7. The summed E-state index contributed by atoms with van der Waals surface area (Å²) in [5.74, 6) is 0.00576. The van der Waals surface area contributed by atoms with Gasteiger partial charge in [-0.3, -0.25) is 4.79 Å². The molecule has 0 saturated carbocycles. The van der Waals surface area contributed by atoms with Crippen molar-refractivity contribution in [2.45, 2.75) is 46.5 Å². The number of hydrazone groups is 1. The van der Waals surface area contributed by atoms with Gasteiger partial charge in [0, 0.05) is 0 Å². The summed E-state index contributed by atoms with van der Waals surface area (Å²) in [6.07, 6.45) is 3.55. The highest BCUT2D eigenvalue weighted by atomic mass is 16.2. The van der Waals surface area contributed by atoms with Gasteiger partial charge in [0.25, 0.3) is 5.91 Å². The lowest BCUT2D eigenvalue weighted by molar-refractivity contribution is -0.119. The number of hydrogen-bond donors (Lipinski definition) is 1. The Morgan fingerprint density at radius 2 is 1.90 bits per heavy atom. The average Bonchev–Trinajstić information content (AvgIpc) is 2.73. The van der Waals surface area contributed by atoms with Gasteiger partial charge < -0.3 is 5.73 Å². The smallest absolute Gasteiger partial charge is 0.256 e. The summed E-state index contributed by atoms with van der Waals surface area (Å²) >= 11 is 0. The van der Waals surface area contributed by atoms with Gasteiger partial charge in [-0.2, -0.15) is 5.10 Å². The van der Waals surface area contributed by atoms with Crippen molar-refractivity contribution in [3.63, 3.8) is 0 Å². The summed E-state index contributed by atoms with van der Waals surface area (Å²) in [5.41, 5.74) is 9.77. The number of anilines is 1. The second kappa shape index (κ2) is 6.85. The summed E-state index contributed by atoms with van der Waals surface area (Å²) in [5, 5.41) is 6.19. The summed E-state index contributed by atoms with van der Waals surface area (Å²) in [6.45, 7) is 6.82. The first kappa shape index (κ1) is 15.7. The Hall–Kier alpha value is -1.68. The molecule has 21 heavy (non-hydrogen) atoms. The van der Waals surface area contributed by atoms with Gasteiger partial charge in [-0.25, -0.2) is 5.01 Å². The molecule has 2 N–H and O–H groups in total. The van der Waals surface area contributed by atoms with Crippen molar-refractivity contribution in [1.82, 2.24) is 0 Å². The van der Waals surface area contributed by atoms with E-state index in [1.54, 1.807) is 5.01 Å². The van der Waals surface area contributed by atoms with Crippen molar-refractivity contribution >= 4 is 17.3 Å². The van der Waals surface area contributed by atoms with Crippen LogP contribution < -0.4 is 10.7 Å². The number of nitrogens with two attached hydrogens (primary N) is 1. The molecule has 1 heterocycles. The van der Waals surface area contributed by atoms with Crippen LogP contribution in [0.3, 0.4) is 0 Å². The third kappa shape index (κ3) is 3.50. The van der Waals surface area contributed by atoms with Gasteiger partial charge in [-0.05, 0) is 62.9 Å². The minimum absolute atomic E-state index is 0.0886. The van der Waals surface area contributed by atoms with E-state index in [2.05, 4.69) is 18.1 Å². The summed E-state index contributed by atoms with van der Waals surface area (Å²) in [4.78, 5) is 12.7. The van der Waals surface area contributed by atoms with Crippen LogP contribution in [-0.4, -0.2) is 18.2 Å². The van der Waals surface area contributed by atoms with E-state index in [9.17, 15) is 4.79 Å². The predicted octanol–water partition coefficient (Wildman–Crippen LogP) is 3.16. The predicted molar refractivity (Wildman–Crippen MR) is 87.5 cm³/mol. The Kier molecular flexibility index (Phi) is 5.12. The van der Waals surface area contributed by atoms with E-state index in [0.29, 0.717) is 6.54 Å². The second-order valence-corrected chi connectivity index (χ2v) is 5.82. The molecular weight excluding hydrogens is 262 g/mol. The lowest BCUT2D eigenvalue weighted by atomic mass is 9.94. The molecule has 0 aromatic heterocycles. The SMILES string of the molecule is CCCC1=NN(c2cc(C)cc(C)c2)C(=O)C1CCCN. The van der Waals surface area contributed by atoms with Crippen LogP contribution in [-0.2, 0) is 4.79 Å². The van der Waals surface area contributed by atoms with Gasteiger partial charge in [0.2, 0.25) is 0 Å². The lowest BCUT2D eigenvalue weighted by Crippen LogP contribution is -2.28. The molecule has 1 unspecified atom stereocenters. The molecule has 4 heteroatoms. The number of hydrogen-bond acceptors (Lipinski definition) is 3. The molecule has 1 aliphatic heterocycles. The van der Waals surface area contributed by atoms with E-state index in [-0.39, 0.29) is 11.8 Å². The van der Waals surface area contributed by atoms with Crippen LogP contribution in [0.5, 0.6) is 0 Å². The van der Waals surface area contributed by atoms with Crippen LogP contribution in [0.1, 0.15) is 43.7 Å². The fourth-order valence-corrected chi connectivity index (χ4v) is 2.89. The molecule has 0 fully saturated rings. The molecule has 0 spiro atoms. The third-order valence-electron chi connectivity index (χ3n) is 3.79. The number of carbonyl (C=O) groups is 1. The minimum Gasteiger partial charge on any atom is -0.330 e. The zero-order chi connectivity index (χ0) is 15.4. The van der Waals surface area contributed by atoms with Crippen molar-refractivity contribution in [1.29, 1.82) is 0 Å². The largest absolute Gasteiger partial charge is 0.330 e. The van der Waals surface area contributed by atoms with Crippen LogP contribution >= 0.6 is 0 Å². The molecule has 1 aliphatic rings. The topological polar surface area (TPSA) is 58.7 Å². The fourth-order valence-electron chi connectivity index (χ4n) is 2.89. The van der Waals surface area contributed by atoms with Crippen LogP contribution in [0.25, 0.3) is 0 Å². The van der Waals surface area contributed by atoms with Crippen molar-refractivity contribution < 1.29 is 4.79 Å². The first-order valence-corrected chi connectivity index (χ1v) is 7.76. The van der Waals surface area contributed by atoms with Crippen molar-refractivity contribution in [3.05, 3.63) is 29.3 Å². The molecule has 1 aromatic rings. The highest BCUT2D eigenvalue weighted by Gasteiger charge is 2.35. The maximum atomic E-state index is 12.7. The lowest BCUT2D eigenvalue weighted by Gasteiger charge is -2.15. The Morgan fingerprint density at radius 3 is 2.48 bits per heavy atom. The molecular formula is C17H25N3O. The van der Waals surface area contributed by atoms with E-state index in [0.717, 1.165) is 48.2 Å². The molecule has 0 bridgehead atoms. The Morgan fingerprint density at radius 1 is 1.24 bits per heavy atom. The van der Waals surface area contributed by atoms with E-state index < -0.39 is 0 Å². The highest BCUT2D eigenvalue weighted by molar-refractivity contribution is 6.15. The van der Waals surface area contributed by atoms with Gasteiger partial charge in [0.05, 0.1) is 17.3 Å². The zero-order valence-corrected chi connectivity index (χ0v) is 13.2. The Labute approximate surface area is 127 Å². The van der Waals surface area contributed by atoms with E-state index in [1.165, 1.54) is 0 Å². The van der Waals surface area contributed by atoms with Crippen molar-refractivity contribution in [2.75, 3.05) is 11.6 Å². The number of benzene rings is 1. The van der Waals surface area contributed by atoms with Crippen molar-refractivity contribution in [2.24, 2.45) is 16.8 Å². The minimum atomic E-state index is -0.0886. The van der Waals surface area contributed by atoms with E-state index >= 15 is 0 Å². The Bertz CT molecular complexity index is 531. The second-order valence-electron chi connectivity index (χ2n) is 5.82. The monoisotopic (exact) mass is 287 g/mol. The quantitative estimate of drug-likeness (QED) is 0.873. The number of rotatable bonds is 6. The van der Waals surface area contributed by atoms with E-state index in [1.807, 2.05) is 26.0 Å². The highest BCUT2D eigenvalue weighted by Crippen LogP contribution is 2.29. The first-order valence-electron chi connectivity index (χ1n) is 7.76. The van der Waals surface area contributed by atoms with Gasteiger partial charge in [-0.15, -0.1) is 0 Å². The van der Waals surface area contributed by atoms with Crippen LogP contribution in [0.15, 0.2) is 23.3 Å². The molecule has 114 valence electrons. The standard InChI is InChI=1S/C17H25N3O/c1-4-6-16-15(7-5-8-18)17(21)20(19-16)14-10-12(2)9-13(3)11-14/h9-11,15H,4-8,18H2,1-3H3. The molecule has 0 radical (unpaired) electrons. The van der Waals surface area contributed by atoms with Gasteiger partial charge in [0.15, 0.2) is 0 Å². The summed E-state index contributed by atoms with van der Waals surface area (Å²) in [7, 11) is 0. The molecule has 2 rings (SSSR count). The molecule has 1 aromatic carbocycles. The number of amides is 1. The van der Waals surface area contributed by atoms with Gasteiger partial charge >= 0.3 is 0 Å². The zero-order valence-electron chi connectivity index (χ0n) is 13.2. The molecule has 0 saturated heterocycles. The van der Waals surface area contributed by atoms with Crippen LogP contribution in [0.4, 0.5) is 5.69 Å².